The molecule has 0 fully saturated rings. The van der Waals surface area contributed by atoms with Crippen LogP contribution in [0, 0.1) is 0 Å². The maximum atomic E-state index is 12.5. The van der Waals surface area contributed by atoms with Crippen molar-refractivity contribution >= 4 is 34.7 Å². The van der Waals surface area contributed by atoms with Crippen LogP contribution in [0.4, 0.5) is 11.4 Å². The molecule has 22 heavy (non-hydrogen) atoms. The quantitative estimate of drug-likeness (QED) is 0.846. The number of hydrogen-bond donors (Lipinski definition) is 1. The van der Waals surface area contributed by atoms with Crippen LogP contribution >= 0.6 is 0 Å². The summed E-state index contributed by atoms with van der Waals surface area (Å²) in [5.74, 6) is 0.242. The van der Waals surface area contributed by atoms with Gasteiger partial charge in [0, 0.05) is 25.5 Å². The van der Waals surface area contributed by atoms with Crippen LogP contribution < -0.4 is 19.8 Å². The number of methoxy groups -OCH3 is 1. The summed E-state index contributed by atoms with van der Waals surface area (Å²) in [6.07, 6.45) is 0. The van der Waals surface area contributed by atoms with Crippen molar-refractivity contribution in [3.8, 4) is 5.75 Å². The Morgan fingerprint density at radius 2 is 1.73 bits per heavy atom. The molecule has 2 rings (SSSR count). The van der Waals surface area contributed by atoms with Gasteiger partial charge in [-0.2, -0.15) is 0 Å². The molecule has 2 radical (unpaired) electrons. The van der Waals surface area contributed by atoms with Gasteiger partial charge in [-0.1, -0.05) is 11.5 Å². The lowest BCUT2D eigenvalue weighted by Gasteiger charge is -2.15. The van der Waals surface area contributed by atoms with E-state index in [1.165, 1.54) is 19.2 Å². The Balaban J connectivity index is 2.33. The largest absolute Gasteiger partial charge is 0.495 e. The summed E-state index contributed by atoms with van der Waals surface area (Å²) in [7, 11) is 7.13. The third kappa shape index (κ3) is 3.54. The van der Waals surface area contributed by atoms with Gasteiger partial charge in [-0.25, -0.2) is 8.42 Å². The number of ether oxygens (including phenoxy) is 1. The molecule has 0 spiro atoms. The standard InChI is InChI=1S/C15H17BN2O3S/c1-18(2)13-7-5-12(6-8-13)17-22(19,20)15-10-11(16)4-9-14(15)21-3/h4-10,17H,1-3H3. The molecule has 0 bridgehead atoms. The van der Waals surface area contributed by atoms with Crippen LogP contribution in [-0.2, 0) is 10.0 Å². The zero-order chi connectivity index (χ0) is 16.3. The van der Waals surface area contributed by atoms with Gasteiger partial charge in [0.25, 0.3) is 10.0 Å². The number of sulfonamides is 1. The Hall–Kier alpha value is -2.15. The molecule has 0 aliphatic carbocycles. The summed E-state index contributed by atoms with van der Waals surface area (Å²) in [6, 6.07) is 11.5. The molecule has 0 saturated heterocycles. The highest BCUT2D eigenvalue weighted by atomic mass is 32.2. The number of hydrogen-bond acceptors (Lipinski definition) is 4. The second-order valence-corrected chi connectivity index (χ2v) is 6.61. The Labute approximate surface area is 132 Å². The van der Waals surface area contributed by atoms with Crippen molar-refractivity contribution in [2.75, 3.05) is 30.8 Å². The summed E-state index contributed by atoms with van der Waals surface area (Å²) in [6.45, 7) is 0. The summed E-state index contributed by atoms with van der Waals surface area (Å²) >= 11 is 0. The van der Waals surface area contributed by atoms with Crippen LogP contribution in [0.15, 0.2) is 47.4 Å². The van der Waals surface area contributed by atoms with Crippen LogP contribution in [0.25, 0.3) is 0 Å². The first-order valence-corrected chi connectivity index (χ1v) is 8.05. The molecule has 1 N–H and O–H groups in total. The minimum absolute atomic E-state index is 0.00619. The van der Waals surface area contributed by atoms with Crippen molar-refractivity contribution in [2.24, 2.45) is 0 Å². The molecule has 5 nitrogen and oxygen atoms in total. The highest BCUT2D eigenvalue weighted by Gasteiger charge is 2.19. The van der Waals surface area contributed by atoms with Gasteiger partial charge in [-0.3, -0.25) is 4.72 Å². The van der Waals surface area contributed by atoms with E-state index in [-0.39, 0.29) is 10.6 Å². The van der Waals surface area contributed by atoms with Gasteiger partial charge in [-0.05, 0) is 36.4 Å². The predicted octanol–water partition coefficient (Wildman–Crippen LogP) is 1.36. The van der Waals surface area contributed by atoms with Crippen molar-refractivity contribution in [3.05, 3.63) is 42.5 Å². The van der Waals surface area contributed by atoms with Crippen molar-refractivity contribution in [1.29, 1.82) is 0 Å². The summed E-state index contributed by atoms with van der Waals surface area (Å²) < 4.78 is 32.6. The van der Waals surface area contributed by atoms with Crippen LogP contribution in [0.2, 0.25) is 0 Å². The van der Waals surface area contributed by atoms with Gasteiger partial charge in [0.1, 0.15) is 18.5 Å². The predicted molar refractivity (Wildman–Crippen MR) is 90.0 cm³/mol. The van der Waals surface area contributed by atoms with Crippen molar-refractivity contribution in [3.63, 3.8) is 0 Å². The highest BCUT2D eigenvalue weighted by molar-refractivity contribution is 7.92. The average Bonchev–Trinajstić information content (AvgIpc) is 2.47. The van der Waals surface area contributed by atoms with E-state index in [1.807, 2.05) is 31.1 Å². The lowest BCUT2D eigenvalue weighted by Crippen LogP contribution is -2.17. The summed E-state index contributed by atoms with van der Waals surface area (Å²) in [4.78, 5) is 1.94. The maximum absolute atomic E-state index is 12.5. The van der Waals surface area contributed by atoms with E-state index in [9.17, 15) is 8.42 Å². The number of nitrogens with zero attached hydrogens (tertiary/aromatic N) is 1. The minimum Gasteiger partial charge on any atom is -0.495 e. The van der Waals surface area contributed by atoms with Crippen LogP contribution in [0.1, 0.15) is 0 Å². The van der Waals surface area contributed by atoms with E-state index in [1.54, 1.807) is 18.2 Å². The Bertz CT molecular complexity index is 759. The second-order valence-electron chi connectivity index (χ2n) is 4.96. The topological polar surface area (TPSA) is 58.6 Å². The van der Waals surface area contributed by atoms with E-state index in [4.69, 9.17) is 12.6 Å². The van der Waals surface area contributed by atoms with E-state index >= 15 is 0 Å². The van der Waals surface area contributed by atoms with Crippen molar-refractivity contribution in [2.45, 2.75) is 4.90 Å². The van der Waals surface area contributed by atoms with Gasteiger partial charge < -0.3 is 9.64 Å². The lowest BCUT2D eigenvalue weighted by molar-refractivity contribution is 0.403. The molecule has 0 aliphatic heterocycles. The fraction of sp³-hybridized carbons (Fsp3) is 0.200. The minimum atomic E-state index is -3.78. The molecule has 0 unspecified atom stereocenters. The molecule has 114 valence electrons. The number of rotatable bonds is 5. The first-order valence-electron chi connectivity index (χ1n) is 6.57. The van der Waals surface area contributed by atoms with Crippen LogP contribution in [-0.4, -0.2) is 37.5 Å². The molecule has 0 aliphatic rings. The highest BCUT2D eigenvalue weighted by Crippen LogP contribution is 2.25. The molecule has 2 aromatic carbocycles. The summed E-state index contributed by atoms with van der Waals surface area (Å²) in [5, 5.41) is 0. The van der Waals surface area contributed by atoms with Gasteiger partial charge >= 0.3 is 0 Å². The van der Waals surface area contributed by atoms with E-state index in [0.29, 0.717) is 11.2 Å². The fourth-order valence-corrected chi connectivity index (χ4v) is 3.20. The monoisotopic (exact) mass is 316 g/mol. The molecule has 0 aromatic heterocycles. The SMILES string of the molecule is [B]c1ccc(OC)c(S(=O)(=O)Nc2ccc(N(C)C)cc2)c1. The Morgan fingerprint density at radius 3 is 2.27 bits per heavy atom. The first kappa shape index (κ1) is 16.2. The average molecular weight is 316 g/mol. The zero-order valence-corrected chi connectivity index (χ0v) is 13.5. The Morgan fingerprint density at radius 1 is 1.09 bits per heavy atom. The molecular weight excluding hydrogens is 299 g/mol. The van der Waals surface area contributed by atoms with Gasteiger partial charge in [0.05, 0.1) is 7.11 Å². The third-order valence-corrected chi connectivity index (χ3v) is 4.52. The number of anilines is 2. The van der Waals surface area contributed by atoms with Crippen molar-refractivity contribution < 1.29 is 13.2 Å². The van der Waals surface area contributed by atoms with E-state index < -0.39 is 10.0 Å². The fourth-order valence-electron chi connectivity index (χ4n) is 1.94. The zero-order valence-electron chi connectivity index (χ0n) is 12.7. The molecule has 2 aromatic rings. The molecule has 7 heteroatoms. The van der Waals surface area contributed by atoms with E-state index in [0.717, 1.165) is 5.69 Å². The molecular formula is C15H17BN2O3S. The molecule has 0 heterocycles. The van der Waals surface area contributed by atoms with Crippen molar-refractivity contribution in [1.82, 2.24) is 0 Å². The smallest absolute Gasteiger partial charge is 0.265 e. The third-order valence-electron chi connectivity index (χ3n) is 3.11. The van der Waals surface area contributed by atoms with Gasteiger partial charge in [-0.15, -0.1) is 0 Å². The first-order chi connectivity index (χ1) is 10.3. The summed E-state index contributed by atoms with van der Waals surface area (Å²) in [5.41, 5.74) is 1.80. The molecule has 0 atom stereocenters. The van der Waals surface area contributed by atoms with E-state index in [2.05, 4.69) is 4.72 Å². The van der Waals surface area contributed by atoms with Crippen LogP contribution in [0.3, 0.4) is 0 Å². The second kappa shape index (κ2) is 6.31. The number of nitrogens with one attached hydrogen (secondary N) is 1. The normalized spacial score (nSPS) is 11.0. The Kier molecular flexibility index (Phi) is 4.66. The molecule has 0 saturated carbocycles. The molecule has 0 amide bonds. The van der Waals surface area contributed by atoms with Crippen LogP contribution in [0.5, 0.6) is 5.75 Å². The lowest BCUT2D eigenvalue weighted by atomic mass is 9.97. The number of benzene rings is 2. The maximum Gasteiger partial charge on any atom is 0.265 e. The van der Waals surface area contributed by atoms with Gasteiger partial charge in [0.15, 0.2) is 0 Å². The van der Waals surface area contributed by atoms with Gasteiger partial charge in [0.2, 0.25) is 0 Å².